The molecule has 3 heterocycles. The molecule has 0 spiro atoms. The van der Waals surface area contributed by atoms with Gasteiger partial charge < -0.3 is 10.4 Å². The maximum absolute atomic E-state index is 12.6. The van der Waals surface area contributed by atoms with Gasteiger partial charge in [0.15, 0.2) is 5.69 Å². The van der Waals surface area contributed by atoms with E-state index in [1.807, 2.05) is 42.5 Å². The predicted octanol–water partition coefficient (Wildman–Crippen LogP) is 1.32. The molecule has 1 aliphatic rings. The van der Waals surface area contributed by atoms with Crippen molar-refractivity contribution in [3.05, 3.63) is 60.0 Å². The van der Waals surface area contributed by atoms with Gasteiger partial charge in [-0.2, -0.15) is 5.10 Å². The molecule has 1 aromatic carbocycles. The second kappa shape index (κ2) is 7.23. The number of rotatable bonds is 4. The molecule has 1 saturated heterocycles. The fourth-order valence-electron chi connectivity index (χ4n) is 3.40. The number of aliphatic hydroxyl groups is 1. The number of nitrogens with zero attached hydrogens (tertiary/aromatic N) is 3. The first-order chi connectivity index (χ1) is 12.7. The second-order valence-electron chi connectivity index (χ2n) is 6.61. The molecule has 1 aliphatic heterocycles. The molecule has 7 heteroatoms. The van der Waals surface area contributed by atoms with Crippen LogP contribution in [-0.2, 0) is 6.54 Å². The number of H-pyrrole nitrogens is 1. The Morgan fingerprint density at radius 3 is 2.92 bits per heavy atom. The molecule has 7 nitrogen and oxygen atoms in total. The van der Waals surface area contributed by atoms with Crippen molar-refractivity contribution in [3.63, 3.8) is 0 Å². The highest BCUT2D eigenvalue weighted by molar-refractivity contribution is 6.04. The molecular weight excluding hydrogens is 330 g/mol. The van der Waals surface area contributed by atoms with Crippen molar-refractivity contribution in [1.29, 1.82) is 0 Å². The number of hydrogen-bond acceptors (Lipinski definition) is 5. The molecule has 3 aromatic rings. The SMILES string of the molecule is O=C(N[C@@H]1CCN(Cc2ccccn2)C[C@H]1O)c1n[nH]c2ccccc12. The quantitative estimate of drug-likeness (QED) is 0.659. The minimum absolute atomic E-state index is 0.260. The van der Waals surface area contributed by atoms with Crippen molar-refractivity contribution in [2.45, 2.75) is 25.1 Å². The largest absolute Gasteiger partial charge is 0.390 e. The van der Waals surface area contributed by atoms with Crippen LogP contribution < -0.4 is 5.32 Å². The van der Waals surface area contributed by atoms with Crippen LogP contribution in [0.25, 0.3) is 10.9 Å². The van der Waals surface area contributed by atoms with Crippen molar-refractivity contribution in [1.82, 2.24) is 25.4 Å². The number of hydrogen-bond donors (Lipinski definition) is 3. The van der Waals surface area contributed by atoms with Gasteiger partial charge in [-0.15, -0.1) is 0 Å². The summed E-state index contributed by atoms with van der Waals surface area (Å²) in [7, 11) is 0. The number of likely N-dealkylation sites (tertiary alicyclic amines) is 1. The smallest absolute Gasteiger partial charge is 0.272 e. The number of piperidine rings is 1. The van der Waals surface area contributed by atoms with Gasteiger partial charge in [0.1, 0.15) is 0 Å². The average Bonchev–Trinajstić information content (AvgIpc) is 3.09. The van der Waals surface area contributed by atoms with Crippen LogP contribution in [0.5, 0.6) is 0 Å². The number of β-amino-alcohol motifs (C(OH)–C–C–N with tert-alkyl or cyclic N) is 1. The normalized spacial score (nSPS) is 21.0. The van der Waals surface area contributed by atoms with E-state index in [1.165, 1.54) is 0 Å². The highest BCUT2D eigenvalue weighted by Gasteiger charge is 2.30. The van der Waals surface area contributed by atoms with Crippen LogP contribution in [0.1, 0.15) is 22.6 Å². The molecule has 2 atom stereocenters. The summed E-state index contributed by atoms with van der Waals surface area (Å²) >= 11 is 0. The Bertz CT molecular complexity index is 895. The molecule has 1 fully saturated rings. The monoisotopic (exact) mass is 351 g/mol. The third-order valence-electron chi connectivity index (χ3n) is 4.78. The number of pyridine rings is 1. The molecule has 4 rings (SSSR count). The number of aliphatic hydroxyl groups excluding tert-OH is 1. The molecule has 26 heavy (non-hydrogen) atoms. The summed E-state index contributed by atoms with van der Waals surface area (Å²) in [4.78, 5) is 19.1. The Kier molecular flexibility index (Phi) is 4.64. The van der Waals surface area contributed by atoms with Crippen LogP contribution in [0.15, 0.2) is 48.7 Å². The molecule has 134 valence electrons. The van der Waals surface area contributed by atoms with Crippen LogP contribution in [0.3, 0.4) is 0 Å². The first-order valence-corrected chi connectivity index (χ1v) is 8.75. The average molecular weight is 351 g/mol. The van der Waals surface area contributed by atoms with E-state index < -0.39 is 6.10 Å². The summed E-state index contributed by atoms with van der Waals surface area (Å²) in [5.74, 6) is -0.260. The minimum atomic E-state index is -0.624. The number of fused-ring (bicyclic) bond motifs is 1. The summed E-state index contributed by atoms with van der Waals surface area (Å²) in [5, 5.41) is 21.2. The van der Waals surface area contributed by atoms with E-state index >= 15 is 0 Å². The van der Waals surface area contributed by atoms with Crippen molar-refractivity contribution in [3.8, 4) is 0 Å². The molecule has 0 radical (unpaired) electrons. The topological polar surface area (TPSA) is 94.1 Å². The molecule has 0 aliphatic carbocycles. The Labute approximate surface area is 151 Å². The first-order valence-electron chi connectivity index (χ1n) is 8.75. The van der Waals surface area contributed by atoms with E-state index in [9.17, 15) is 9.90 Å². The Morgan fingerprint density at radius 1 is 1.27 bits per heavy atom. The number of para-hydroxylation sites is 1. The number of benzene rings is 1. The van der Waals surface area contributed by atoms with E-state index in [1.54, 1.807) is 6.20 Å². The van der Waals surface area contributed by atoms with E-state index in [0.29, 0.717) is 25.2 Å². The highest BCUT2D eigenvalue weighted by atomic mass is 16.3. The lowest BCUT2D eigenvalue weighted by Gasteiger charge is -2.35. The molecule has 0 saturated carbocycles. The third-order valence-corrected chi connectivity index (χ3v) is 4.78. The summed E-state index contributed by atoms with van der Waals surface area (Å²) < 4.78 is 0. The van der Waals surface area contributed by atoms with E-state index in [0.717, 1.165) is 23.1 Å². The van der Waals surface area contributed by atoms with Gasteiger partial charge in [-0.05, 0) is 24.6 Å². The number of nitrogens with one attached hydrogen (secondary N) is 2. The number of amides is 1. The summed E-state index contributed by atoms with van der Waals surface area (Å²) in [6, 6.07) is 13.0. The maximum atomic E-state index is 12.6. The van der Waals surface area contributed by atoms with Crippen LogP contribution in [0.2, 0.25) is 0 Å². The number of aromatic amines is 1. The second-order valence-corrected chi connectivity index (χ2v) is 6.61. The summed E-state index contributed by atoms with van der Waals surface area (Å²) in [6.45, 7) is 1.99. The van der Waals surface area contributed by atoms with Gasteiger partial charge in [0.25, 0.3) is 5.91 Å². The van der Waals surface area contributed by atoms with Crippen molar-refractivity contribution in [2.24, 2.45) is 0 Å². The van der Waals surface area contributed by atoms with Crippen LogP contribution in [0, 0.1) is 0 Å². The van der Waals surface area contributed by atoms with E-state index in [-0.39, 0.29) is 11.9 Å². The van der Waals surface area contributed by atoms with Crippen molar-refractivity contribution < 1.29 is 9.90 Å². The van der Waals surface area contributed by atoms with Gasteiger partial charge in [0.2, 0.25) is 0 Å². The fraction of sp³-hybridized carbons (Fsp3) is 0.316. The van der Waals surface area contributed by atoms with Crippen molar-refractivity contribution in [2.75, 3.05) is 13.1 Å². The number of carbonyl (C=O) groups excluding carboxylic acids is 1. The molecule has 0 bridgehead atoms. The maximum Gasteiger partial charge on any atom is 0.272 e. The van der Waals surface area contributed by atoms with Crippen LogP contribution in [-0.4, -0.2) is 56.3 Å². The lowest BCUT2D eigenvalue weighted by atomic mass is 10.0. The van der Waals surface area contributed by atoms with Gasteiger partial charge in [0.05, 0.1) is 23.4 Å². The molecule has 3 N–H and O–H groups in total. The Morgan fingerprint density at radius 2 is 2.12 bits per heavy atom. The van der Waals surface area contributed by atoms with Crippen LogP contribution >= 0.6 is 0 Å². The van der Waals surface area contributed by atoms with E-state index in [2.05, 4.69) is 25.4 Å². The lowest BCUT2D eigenvalue weighted by Crippen LogP contribution is -2.53. The zero-order valence-electron chi connectivity index (χ0n) is 14.3. The van der Waals surface area contributed by atoms with Gasteiger partial charge in [-0.1, -0.05) is 24.3 Å². The fourth-order valence-corrected chi connectivity index (χ4v) is 3.40. The van der Waals surface area contributed by atoms with Gasteiger partial charge in [0, 0.05) is 31.2 Å². The molecule has 2 aromatic heterocycles. The number of aromatic nitrogens is 3. The number of carbonyl (C=O) groups is 1. The summed E-state index contributed by atoms with van der Waals surface area (Å²) in [5.41, 5.74) is 2.16. The lowest BCUT2D eigenvalue weighted by molar-refractivity contribution is 0.0344. The van der Waals surface area contributed by atoms with Gasteiger partial charge >= 0.3 is 0 Å². The minimum Gasteiger partial charge on any atom is -0.390 e. The molecule has 0 unspecified atom stereocenters. The zero-order chi connectivity index (χ0) is 17.9. The van der Waals surface area contributed by atoms with Crippen LogP contribution in [0.4, 0.5) is 0 Å². The summed E-state index contributed by atoms with van der Waals surface area (Å²) in [6.07, 6.45) is 1.83. The van der Waals surface area contributed by atoms with E-state index in [4.69, 9.17) is 0 Å². The molecular formula is C19H21N5O2. The Hall–Kier alpha value is -2.77. The Balaban J connectivity index is 1.38. The van der Waals surface area contributed by atoms with Gasteiger partial charge in [-0.25, -0.2) is 0 Å². The first kappa shape index (κ1) is 16.7. The van der Waals surface area contributed by atoms with Crippen molar-refractivity contribution >= 4 is 16.8 Å². The third kappa shape index (κ3) is 3.44. The zero-order valence-corrected chi connectivity index (χ0v) is 14.3. The van der Waals surface area contributed by atoms with Gasteiger partial charge in [-0.3, -0.25) is 19.8 Å². The molecule has 1 amide bonds. The standard InChI is InChI=1S/C19H21N5O2/c25-17-12-24(11-13-5-3-4-9-20-13)10-8-16(17)21-19(26)18-14-6-1-2-7-15(14)22-23-18/h1-7,9,16-17,25H,8,10-12H2,(H,21,26)(H,22,23)/t16-,17-/m1/s1. The predicted molar refractivity (Wildman–Crippen MR) is 97.5 cm³/mol. The highest BCUT2D eigenvalue weighted by Crippen LogP contribution is 2.17.